The lowest BCUT2D eigenvalue weighted by Gasteiger charge is -2.20. The van der Waals surface area contributed by atoms with Crippen LogP contribution in [-0.2, 0) is 4.79 Å². The fourth-order valence-electron chi connectivity index (χ4n) is 2.18. The summed E-state index contributed by atoms with van der Waals surface area (Å²) in [5.74, 6) is 0.255. The van der Waals surface area contributed by atoms with Gasteiger partial charge in [-0.05, 0) is 31.4 Å². The van der Waals surface area contributed by atoms with Gasteiger partial charge in [-0.15, -0.1) is 0 Å². The van der Waals surface area contributed by atoms with Gasteiger partial charge in [-0.1, -0.05) is 12.1 Å². The van der Waals surface area contributed by atoms with Crippen molar-refractivity contribution in [3.8, 4) is 0 Å². The number of anilines is 2. The maximum absolute atomic E-state index is 11.7. The fraction of sp³-hybridized carbons (Fsp3) is 0.462. The van der Waals surface area contributed by atoms with Crippen LogP contribution >= 0.6 is 0 Å². The molecule has 1 heterocycles. The predicted molar refractivity (Wildman–Crippen MR) is 64.7 cm³/mol. The molecule has 0 atom stereocenters. The number of nitrogens with one attached hydrogen (secondary N) is 1. The van der Waals surface area contributed by atoms with Crippen molar-refractivity contribution in [2.45, 2.75) is 31.7 Å². The number of amides is 1. The van der Waals surface area contributed by atoms with Crippen LogP contribution in [0.5, 0.6) is 0 Å². The summed E-state index contributed by atoms with van der Waals surface area (Å²) in [4.78, 5) is 13.6. The fourth-order valence-corrected chi connectivity index (χ4v) is 2.18. The van der Waals surface area contributed by atoms with Gasteiger partial charge in [0.15, 0.2) is 0 Å². The summed E-state index contributed by atoms with van der Waals surface area (Å²) in [6.07, 6.45) is 4.18. The summed E-state index contributed by atoms with van der Waals surface area (Å²) in [6, 6.07) is 8.75. The van der Waals surface area contributed by atoms with Gasteiger partial charge in [0.25, 0.3) is 0 Å². The first-order valence-corrected chi connectivity index (χ1v) is 6.00. The third-order valence-corrected chi connectivity index (χ3v) is 3.21. The van der Waals surface area contributed by atoms with E-state index in [0.29, 0.717) is 12.5 Å². The topological polar surface area (TPSA) is 32.3 Å². The van der Waals surface area contributed by atoms with Crippen LogP contribution in [0, 0.1) is 0 Å². The van der Waals surface area contributed by atoms with Crippen LogP contribution in [-0.4, -0.2) is 18.5 Å². The molecular formula is C13H16N2O. The second-order valence-electron chi connectivity index (χ2n) is 4.58. The number of benzene rings is 1. The highest BCUT2D eigenvalue weighted by atomic mass is 16.2. The van der Waals surface area contributed by atoms with E-state index in [0.717, 1.165) is 24.3 Å². The molecule has 1 saturated carbocycles. The van der Waals surface area contributed by atoms with E-state index in [2.05, 4.69) is 11.4 Å². The summed E-state index contributed by atoms with van der Waals surface area (Å²) in [6.45, 7) is 0.863. The van der Waals surface area contributed by atoms with E-state index in [-0.39, 0.29) is 5.91 Å². The summed E-state index contributed by atoms with van der Waals surface area (Å²) in [5.41, 5.74) is 2.16. The zero-order valence-electron chi connectivity index (χ0n) is 9.28. The Balaban J connectivity index is 1.88. The SMILES string of the molecule is O=C1CCCN1c1ccccc1NC1CC1. The third kappa shape index (κ3) is 1.77. The Hall–Kier alpha value is -1.51. The van der Waals surface area contributed by atoms with Crippen molar-refractivity contribution in [2.24, 2.45) is 0 Å². The van der Waals surface area contributed by atoms with Crippen LogP contribution in [0.4, 0.5) is 11.4 Å². The number of hydrogen-bond donors (Lipinski definition) is 1. The Bertz CT molecular complexity index is 412. The molecule has 0 unspecified atom stereocenters. The highest BCUT2D eigenvalue weighted by Gasteiger charge is 2.26. The zero-order valence-corrected chi connectivity index (χ0v) is 9.28. The maximum atomic E-state index is 11.7. The largest absolute Gasteiger partial charge is 0.381 e. The molecule has 3 nitrogen and oxygen atoms in total. The molecule has 2 fully saturated rings. The van der Waals surface area contributed by atoms with Crippen molar-refractivity contribution in [3.05, 3.63) is 24.3 Å². The molecule has 1 saturated heterocycles. The van der Waals surface area contributed by atoms with Crippen molar-refractivity contribution >= 4 is 17.3 Å². The Morgan fingerprint density at radius 2 is 2.06 bits per heavy atom. The molecule has 1 aliphatic carbocycles. The monoisotopic (exact) mass is 216 g/mol. The molecular weight excluding hydrogens is 200 g/mol. The second-order valence-corrected chi connectivity index (χ2v) is 4.58. The van der Waals surface area contributed by atoms with Crippen molar-refractivity contribution in [1.82, 2.24) is 0 Å². The van der Waals surface area contributed by atoms with Crippen LogP contribution in [0.2, 0.25) is 0 Å². The standard InChI is InChI=1S/C13H16N2O/c16-13-6-3-9-15(13)12-5-2-1-4-11(12)14-10-7-8-10/h1-2,4-5,10,14H,3,6-9H2. The van der Waals surface area contributed by atoms with E-state index >= 15 is 0 Å². The van der Waals surface area contributed by atoms with Gasteiger partial charge in [0, 0.05) is 19.0 Å². The lowest BCUT2D eigenvalue weighted by atomic mass is 10.2. The van der Waals surface area contributed by atoms with Gasteiger partial charge in [0.1, 0.15) is 0 Å². The molecule has 0 bridgehead atoms. The first-order chi connectivity index (χ1) is 7.84. The molecule has 1 aromatic rings. The Morgan fingerprint density at radius 3 is 2.75 bits per heavy atom. The van der Waals surface area contributed by atoms with Crippen LogP contribution in [0.15, 0.2) is 24.3 Å². The van der Waals surface area contributed by atoms with Gasteiger partial charge in [0.2, 0.25) is 5.91 Å². The van der Waals surface area contributed by atoms with Gasteiger partial charge >= 0.3 is 0 Å². The van der Waals surface area contributed by atoms with Crippen molar-refractivity contribution in [2.75, 3.05) is 16.8 Å². The van der Waals surface area contributed by atoms with E-state index < -0.39 is 0 Å². The van der Waals surface area contributed by atoms with E-state index in [1.807, 2.05) is 23.1 Å². The van der Waals surface area contributed by atoms with Gasteiger partial charge in [0.05, 0.1) is 11.4 Å². The highest BCUT2D eigenvalue weighted by Crippen LogP contribution is 2.33. The molecule has 2 aliphatic rings. The molecule has 3 heteroatoms. The highest BCUT2D eigenvalue weighted by molar-refractivity contribution is 5.98. The van der Waals surface area contributed by atoms with Gasteiger partial charge in [-0.3, -0.25) is 4.79 Å². The molecule has 84 valence electrons. The van der Waals surface area contributed by atoms with E-state index in [1.165, 1.54) is 12.8 Å². The maximum Gasteiger partial charge on any atom is 0.227 e. The molecule has 16 heavy (non-hydrogen) atoms. The normalized spacial score (nSPS) is 20.2. The number of hydrogen-bond acceptors (Lipinski definition) is 2. The second kappa shape index (κ2) is 3.81. The molecule has 3 rings (SSSR count). The quantitative estimate of drug-likeness (QED) is 0.841. The predicted octanol–water partition coefficient (Wildman–Crippen LogP) is 2.39. The minimum Gasteiger partial charge on any atom is -0.381 e. The number of carbonyl (C=O) groups excluding carboxylic acids is 1. The minimum absolute atomic E-state index is 0.255. The van der Waals surface area contributed by atoms with Crippen LogP contribution in [0.3, 0.4) is 0 Å². The van der Waals surface area contributed by atoms with Crippen LogP contribution in [0.25, 0.3) is 0 Å². The number of para-hydroxylation sites is 2. The van der Waals surface area contributed by atoms with Gasteiger partial charge in [-0.25, -0.2) is 0 Å². The Kier molecular flexibility index (Phi) is 2.31. The average molecular weight is 216 g/mol. The van der Waals surface area contributed by atoms with Gasteiger partial charge < -0.3 is 10.2 Å². The number of nitrogens with zero attached hydrogens (tertiary/aromatic N) is 1. The van der Waals surface area contributed by atoms with Crippen molar-refractivity contribution in [1.29, 1.82) is 0 Å². The average Bonchev–Trinajstić information content (AvgIpc) is 3.00. The number of carbonyl (C=O) groups is 1. The van der Waals surface area contributed by atoms with E-state index in [1.54, 1.807) is 0 Å². The van der Waals surface area contributed by atoms with Gasteiger partial charge in [-0.2, -0.15) is 0 Å². The summed E-state index contributed by atoms with van der Waals surface area (Å²) in [7, 11) is 0. The zero-order chi connectivity index (χ0) is 11.0. The Labute approximate surface area is 95.4 Å². The molecule has 1 aliphatic heterocycles. The molecule has 1 aromatic carbocycles. The smallest absolute Gasteiger partial charge is 0.227 e. The summed E-state index contributed by atoms with van der Waals surface area (Å²) in [5, 5.41) is 3.49. The first-order valence-electron chi connectivity index (χ1n) is 6.00. The summed E-state index contributed by atoms with van der Waals surface area (Å²) >= 11 is 0. The molecule has 0 spiro atoms. The van der Waals surface area contributed by atoms with E-state index in [4.69, 9.17) is 0 Å². The molecule has 1 amide bonds. The molecule has 1 N–H and O–H groups in total. The van der Waals surface area contributed by atoms with Crippen LogP contribution < -0.4 is 10.2 Å². The molecule has 0 radical (unpaired) electrons. The number of rotatable bonds is 3. The Morgan fingerprint density at radius 1 is 1.25 bits per heavy atom. The van der Waals surface area contributed by atoms with Crippen molar-refractivity contribution < 1.29 is 4.79 Å². The lowest BCUT2D eigenvalue weighted by molar-refractivity contribution is -0.117. The lowest BCUT2D eigenvalue weighted by Crippen LogP contribution is -2.24. The molecule has 0 aromatic heterocycles. The van der Waals surface area contributed by atoms with Crippen molar-refractivity contribution in [3.63, 3.8) is 0 Å². The first kappa shape index (κ1) is 9.70. The van der Waals surface area contributed by atoms with Crippen LogP contribution in [0.1, 0.15) is 25.7 Å². The summed E-state index contributed by atoms with van der Waals surface area (Å²) < 4.78 is 0. The third-order valence-electron chi connectivity index (χ3n) is 3.21. The minimum atomic E-state index is 0.255. The van der Waals surface area contributed by atoms with E-state index in [9.17, 15) is 4.79 Å².